The maximum atomic E-state index is 15.0. The van der Waals surface area contributed by atoms with E-state index >= 15 is 4.39 Å². The summed E-state index contributed by atoms with van der Waals surface area (Å²) in [6.07, 6.45) is 0. The van der Waals surface area contributed by atoms with Gasteiger partial charge in [-0.25, -0.2) is 9.37 Å². The molecule has 5 rings (SSSR count). The maximum Gasteiger partial charge on any atom is 0.301 e. The molecule has 1 aromatic heterocycles. The molecule has 2 aliphatic heterocycles. The quantitative estimate of drug-likeness (QED) is 0.251. The molecule has 0 radical (unpaired) electrons. The molecule has 8 nitrogen and oxygen atoms in total. The number of ether oxygens (including phenoxy) is 2. The van der Waals surface area contributed by atoms with Gasteiger partial charge in [0.25, 0.3) is 5.78 Å². The molecule has 1 fully saturated rings. The number of thiazole rings is 1. The number of anilines is 1. The zero-order valence-corrected chi connectivity index (χ0v) is 19.5. The molecule has 0 spiro atoms. The Kier molecular flexibility index (Phi) is 5.60. The van der Waals surface area contributed by atoms with E-state index in [-0.39, 0.29) is 27.6 Å². The molecule has 1 atom stereocenters. The second kappa shape index (κ2) is 8.62. The van der Waals surface area contributed by atoms with Gasteiger partial charge in [-0.2, -0.15) is 0 Å². The molecule has 0 aliphatic carbocycles. The van der Waals surface area contributed by atoms with E-state index in [0.29, 0.717) is 35.3 Å². The Morgan fingerprint density at radius 3 is 2.54 bits per heavy atom. The smallest absolute Gasteiger partial charge is 0.301 e. The third kappa shape index (κ3) is 3.75. The highest BCUT2D eigenvalue weighted by Crippen LogP contribution is 2.45. The molecule has 0 unspecified atom stereocenters. The number of carbonyl (C=O) groups is 3. The second-order valence-corrected chi connectivity index (χ2v) is 8.99. The predicted octanol–water partition coefficient (Wildman–Crippen LogP) is 4.19. The van der Waals surface area contributed by atoms with Crippen LogP contribution in [0, 0.1) is 12.7 Å². The number of aryl methyl sites for hydroxylation is 1. The highest BCUT2D eigenvalue weighted by molar-refractivity contribution is 7.18. The summed E-state index contributed by atoms with van der Waals surface area (Å²) in [7, 11) is 0. The molecule has 2 aromatic carbocycles. The first-order valence-electron chi connectivity index (χ1n) is 10.7. The summed E-state index contributed by atoms with van der Waals surface area (Å²) in [5.41, 5.74) is 0.295. The van der Waals surface area contributed by atoms with Crippen molar-refractivity contribution in [3.05, 3.63) is 75.6 Å². The van der Waals surface area contributed by atoms with E-state index in [2.05, 4.69) is 4.98 Å². The predicted molar refractivity (Wildman–Crippen MR) is 125 cm³/mol. The monoisotopic (exact) mass is 494 g/mol. The number of aromatic nitrogens is 1. The van der Waals surface area contributed by atoms with E-state index in [4.69, 9.17) is 9.47 Å². The van der Waals surface area contributed by atoms with E-state index < -0.39 is 29.3 Å². The normalized spacial score (nSPS) is 18.7. The van der Waals surface area contributed by atoms with Crippen molar-refractivity contribution in [1.82, 2.24) is 4.98 Å². The summed E-state index contributed by atoms with van der Waals surface area (Å²) < 4.78 is 26.1. The van der Waals surface area contributed by atoms with Crippen LogP contribution in [-0.4, -0.2) is 40.8 Å². The lowest BCUT2D eigenvalue weighted by atomic mass is 9.95. The van der Waals surface area contributed by atoms with Crippen molar-refractivity contribution in [2.45, 2.75) is 19.9 Å². The number of Topliss-reactive ketones (excluding diaryl/α,β-unsaturated/α-hetero) is 2. The average molecular weight is 495 g/mol. The minimum atomic E-state index is -1.30. The van der Waals surface area contributed by atoms with Gasteiger partial charge >= 0.3 is 5.91 Å². The zero-order valence-electron chi connectivity index (χ0n) is 18.7. The van der Waals surface area contributed by atoms with Crippen molar-refractivity contribution in [2.24, 2.45) is 0 Å². The van der Waals surface area contributed by atoms with Gasteiger partial charge in [-0.1, -0.05) is 29.5 Å². The molecular formula is C25H19FN2O6S. The van der Waals surface area contributed by atoms with Gasteiger partial charge in [-0.05, 0) is 31.2 Å². The number of benzene rings is 2. The highest BCUT2D eigenvalue weighted by atomic mass is 32.1. The lowest BCUT2D eigenvalue weighted by Crippen LogP contribution is -2.29. The van der Waals surface area contributed by atoms with Gasteiger partial charge in [0.1, 0.15) is 30.8 Å². The van der Waals surface area contributed by atoms with Gasteiger partial charge in [0.2, 0.25) is 0 Å². The van der Waals surface area contributed by atoms with Crippen LogP contribution in [0.15, 0.2) is 48.0 Å². The number of rotatable bonds is 4. The number of aliphatic hydroxyl groups excluding tert-OH is 1. The van der Waals surface area contributed by atoms with Gasteiger partial charge in [0.05, 0.1) is 16.1 Å². The summed E-state index contributed by atoms with van der Waals surface area (Å²) in [6.45, 7) is 3.68. The molecule has 3 aromatic rings. The summed E-state index contributed by atoms with van der Waals surface area (Å²) >= 11 is 0.932. The van der Waals surface area contributed by atoms with E-state index in [1.54, 1.807) is 19.1 Å². The fraction of sp³-hybridized carbons (Fsp3) is 0.200. The number of hydrogen-bond donors (Lipinski definition) is 1. The maximum absolute atomic E-state index is 15.0. The number of aliphatic hydroxyl groups is 1. The first-order valence-corrected chi connectivity index (χ1v) is 11.5. The SMILES string of the molecule is CC(=O)c1sc(N2C(=O)C(=O)C(=C(O)c3ccc4c(c3)OCCO4)[C@@H]2c2ccccc2F)nc1C. The Balaban J connectivity index is 1.71. The van der Waals surface area contributed by atoms with Crippen LogP contribution >= 0.6 is 11.3 Å². The molecule has 1 N–H and O–H groups in total. The van der Waals surface area contributed by atoms with Crippen LogP contribution in [0.2, 0.25) is 0 Å². The summed E-state index contributed by atoms with van der Waals surface area (Å²) in [5.74, 6) is -2.54. The van der Waals surface area contributed by atoms with Crippen molar-refractivity contribution in [1.29, 1.82) is 0 Å². The molecule has 2 aliphatic rings. The van der Waals surface area contributed by atoms with Crippen LogP contribution in [0.3, 0.4) is 0 Å². The fourth-order valence-electron chi connectivity index (χ4n) is 4.18. The van der Waals surface area contributed by atoms with Gasteiger partial charge in [-0.15, -0.1) is 0 Å². The molecule has 10 heteroatoms. The Bertz CT molecular complexity index is 1430. The first kappa shape index (κ1) is 22.7. The minimum Gasteiger partial charge on any atom is -0.507 e. The zero-order chi connectivity index (χ0) is 24.9. The lowest BCUT2D eigenvalue weighted by Gasteiger charge is -2.23. The van der Waals surface area contributed by atoms with Crippen molar-refractivity contribution in [2.75, 3.05) is 18.1 Å². The van der Waals surface area contributed by atoms with E-state index in [1.807, 2.05) is 0 Å². The Labute approximate surface area is 203 Å². The number of hydrogen-bond acceptors (Lipinski definition) is 8. The summed E-state index contributed by atoms with van der Waals surface area (Å²) in [6, 6.07) is 8.99. The Hall–Kier alpha value is -4.05. The molecule has 3 heterocycles. The minimum absolute atomic E-state index is 0.00280. The number of fused-ring (bicyclic) bond motifs is 1. The second-order valence-electron chi connectivity index (χ2n) is 8.02. The summed E-state index contributed by atoms with van der Waals surface area (Å²) in [5, 5.41) is 11.3. The summed E-state index contributed by atoms with van der Waals surface area (Å²) in [4.78, 5) is 44.1. The molecule has 178 valence electrons. The van der Waals surface area contributed by atoms with E-state index in [9.17, 15) is 19.5 Å². The number of ketones is 2. The fourth-order valence-corrected chi connectivity index (χ4v) is 5.17. The van der Waals surface area contributed by atoms with Crippen LogP contribution in [0.25, 0.3) is 5.76 Å². The van der Waals surface area contributed by atoms with Gasteiger partial charge in [0, 0.05) is 18.1 Å². The molecule has 0 bridgehead atoms. The average Bonchev–Trinajstić information content (AvgIpc) is 3.35. The van der Waals surface area contributed by atoms with Gasteiger partial charge in [0.15, 0.2) is 22.4 Å². The molecular weight excluding hydrogens is 475 g/mol. The van der Waals surface area contributed by atoms with Crippen molar-refractivity contribution >= 4 is 39.7 Å². The van der Waals surface area contributed by atoms with Crippen LogP contribution in [0.1, 0.15) is 39.5 Å². The van der Waals surface area contributed by atoms with Crippen molar-refractivity contribution in [3.8, 4) is 11.5 Å². The number of carbonyl (C=O) groups excluding carboxylic acids is 3. The highest BCUT2D eigenvalue weighted by Gasteiger charge is 2.49. The first-order chi connectivity index (χ1) is 16.8. The van der Waals surface area contributed by atoms with Crippen LogP contribution < -0.4 is 14.4 Å². The van der Waals surface area contributed by atoms with E-state index in [0.717, 1.165) is 16.2 Å². The van der Waals surface area contributed by atoms with Crippen LogP contribution in [0.5, 0.6) is 11.5 Å². The largest absolute Gasteiger partial charge is 0.507 e. The topological polar surface area (TPSA) is 106 Å². The standard InChI is InChI=1S/C25H19FN2O6S/c1-12-23(13(2)29)35-25(27-12)28-20(15-5-3-4-6-16(15)26)19(22(31)24(28)32)21(30)14-7-8-17-18(11-14)34-10-9-33-17/h3-8,11,20,30H,9-10H2,1-2H3/t20-/m0/s1. The van der Waals surface area contributed by atoms with Gasteiger partial charge in [-0.3, -0.25) is 19.3 Å². The van der Waals surface area contributed by atoms with E-state index in [1.165, 1.54) is 37.3 Å². The number of halogens is 1. The van der Waals surface area contributed by atoms with Gasteiger partial charge < -0.3 is 14.6 Å². The van der Waals surface area contributed by atoms with Crippen molar-refractivity contribution < 1.29 is 33.4 Å². The molecule has 35 heavy (non-hydrogen) atoms. The molecule has 1 amide bonds. The third-order valence-electron chi connectivity index (χ3n) is 5.77. The number of amides is 1. The van der Waals surface area contributed by atoms with Crippen LogP contribution in [-0.2, 0) is 9.59 Å². The Morgan fingerprint density at radius 1 is 1.14 bits per heavy atom. The van der Waals surface area contributed by atoms with Crippen molar-refractivity contribution in [3.63, 3.8) is 0 Å². The molecule has 0 saturated carbocycles. The Morgan fingerprint density at radius 2 is 1.86 bits per heavy atom. The third-order valence-corrected chi connectivity index (χ3v) is 7.03. The van der Waals surface area contributed by atoms with Crippen LogP contribution in [0.4, 0.5) is 9.52 Å². The number of nitrogens with zero attached hydrogens (tertiary/aromatic N) is 2. The lowest BCUT2D eigenvalue weighted by molar-refractivity contribution is -0.132. The molecule has 1 saturated heterocycles.